The fourth-order valence-corrected chi connectivity index (χ4v) is 2.97. The van der Waals surface area contributed by atoms with Gasteiger partial charge in [-0.05, 0) is 19.1 Å². The molecule has 0 aliphatic heterocycles. The molecule has 3 heterocycles. The van der Waals surface area contributed by atoms with Gasteiger partial charge in [-0.25, -0.2) is 4.98 Å². The molecule has 0 spiro atoms. The second-order valence-electron chi connectivity index (χ2n) is 6.46. The van der Waals surface area contributed by atoms with Crippen LogP contribution < -0.4 is 10.9 Å². The van der Waals surface area contributed by atoms with E-state index in [-0.39, 0.29) is 5.58 Å². The van der Waals surface area contributed by atoms with Crippen molar-refractivity contribution >= 4 is 39.8 Å². The van der Waals surface area contributed by atoms with Crippen molar-refractivity contribution < 1.29 is 18.7 Å². The zero-order chi connectivity index (χ0) is 20.5. The van der Waals surface area contributed by atoms with Crippen molar-refractivity contribution in [3.8, 4) is 0 Å². The molecule has 0 bridgehead atoms. The number of fused-ring (bicyclic) bond motifs is 3. The number of hydrogen-bond acceptors (Lipinski definition) is 7. The maximum Gasteiger partial charge on any atom is 0.326 e. The molecule has 1 aromatic carbocycles. The van der Waals surface area contributed by atoms with Crippen LogP contribution in [0.2, 0.25) is 0 Å². The molecule has 1 amide bonds. The molecule has 0 unspecified atom stereocenters. The molecule has 0 saturated carbocycles. The number of ether oxygens (including phenoxy) is 1. The van der Waals surface area contributed by atoms with Crippen LogP contribution in [0.1, 0.15) is 5.69 Å². The van der Waals surface area contributed by atoms with Gasteiger partial charge in [0.15, 0.2) is 6.61 Å². The molecule has 0 radical (unpaired) electrons. The average molecular weight is 395 g/mol. The van der Waals surface area contributed by atoms with E-state index in [0.29, 0.717) is 16.9 Å². The van der Waals surface area contributed by atoms with E-state index in [2.05, 4.69) is 15.4 Å². The number of nitrogens with one attached hydrogen (secondary N) is 1. The van der Waals surface area contributed by atoms with Gasteiger partial charge in [0.1, 0.15) is 23.5 Å². The van der Waals surface area contributed by atoms with Gasteiger partial charge in [0.25, 0.3) is 11.5 Å². The topological polar surface area (TPSA) is 121 Å². The first-order valence-electron chi connectivity index (χ1n) is 8.75. The summed E-state index contributed by atoms with van der Waals surface area (Å²) in [7, 11) is 1.68. The number of benzene rings is 1. The lowest BCUT2D eigenvalue weighted by Gasteiger charge is -2.07. The highest BCUT2D eigenvalue weighted by atomic mass is 16.5. The number of furan rings is 1. The first-order valence-corrected chi connectivity index (χ1v) is 8.75. The Balaban J connectivity index is 1.43. The molecule has 3 aromatic heterocycles. The van der Waals surface area contributed by atoms with Gasteiger partial charge in [-0.2, -0.15) is 5.10 Å². The third-order valence-electron chi connectivity index (χ3n) is 4.28. The fourth-order valence-electron chi connectivity index (χ4n) is 2.97. The zero-order valence-electron chi connectivity index (χ0n) is 15.7. The van der Waals surface area contributed by atoms with E-state index in [0.717, 1.165) is 15.6 Å². The summed E-state index contributed by atoms with van der Waals surface area (Å²) in [6, 6.07) is 8.83. The maximum absolute atomic E-state index is 12.6. The van der Waals surface area contributed by atoms with Gasteiger partial charge in [-0.1, -0.05) is 12.1 Å². The number of amides is 1. The van der Waals surface area contributed by atoms with Crippen LogP contribution in [0.5, 0.6) is 0 Å². The normalized spacial score (nSPS) is 11.1. The minimum absolute atomic E-state index is 0.0609. The second kappa shape index (κ2) is 7.23. The molecule has 4 rings (SSSR count). The van der Waals surface area contributed by atoms with E-state index in [1.807, 2.05) is 6.07 Å². The molecule has 148 valence electrons. The van der Waals surface area contributed by atoms with E-state index in [1.54, 1.807) is 38.2 Å². The zero-order valence-corrected chi connectivity index (χ0v) is 15.7. The van der Waals surface area contributed by atoms with Crippen LogP contribution in [0, 0.1) is 6.92 Å². The summed E-state index contributed by atoms with van der Waals surface area (Å²) < 4.78 is 13.1. The number of carbonyl (C=O) groups excluding carboxylic acids is 2. The summed E-state index contributed by atoms with van der Waals surface area (Å²) in [5.41, 5.74) is 1.27. The Bertz CT molecular complexity index is 1300. The van der Waals surface area contributed by atoms with E-state index >= 15 is 0 Å². The number of nitrogens with zero attached hydrogens (tertiary/aromatic N) is 4. The van der Waals surface area contributed by atoms with Crippen LogP contribution in [-0.4, -0.2) is 37.8 Å². The molecule has 29 heavy (non-hydrogen) atoms. The van der Waals surface area contributed by atoms with Gasteiger partial charge >= 0.3 is 5.97 Å². The predicted octanol–water partition coefficient (Wildman–Crippen LogP) is 1.37. The molecule has 0 saturated heterocycles. The number of esters is 1. The Morgan fingerprint density at radius 1 is 1.28 bits per heavy atom. The number of anilines is 1. The lowest BCUT2D eigenvalue weighted by atomic mass is 10.2. The van der Waals surface area contributed by atoms with Gasteiger partial charge in [0.2, 0.25) is 5.58 Å². The molecule has 10 heteroatoms. The Morgan fingerprint density at radius 3 is 2.83 bits per heavy atom. The Labute approximate surface area is 163 Å². The summed E-state index contributed by atoms with van der Waals surface area (Å²) in [5.74, 6) is -0.778. The highest BCUT2D eigenvalue weighted by Gasteiger charge is 2.16. The molecule has 0 fully saturated rings. The first kappa shape index (κ1) is 18.4. The molecule has 0 atom stereocenters. The molecule has 0 aliphatic carbocycles. The number of para-hydroxylation sites is 1. The van der Waals surface area contributed by atoms with Gasteiger partial charge in [-0.15, -0.1) is 0 Å². The van der Waals surface area contributed by atoms with Gasteiger partial charge in [0, 0.05) is 18.5 Å². The van der Waals surface area contributed by atoms with Crippen molar-refractivity contribution in [3.63, 3.8) is 0 Å². The third-order valence-corrected chi connectivity index (χ3v) is 4.28. The lowest BCUT2D eigenvalue weighted by molar-refractivity contribution is -0.147. The molecule has 10 nitrogen and oxygen atoms in total. The SMILES string of the molecule is Cc1cc(NC(=O)COC(=O)Cn2cnc3c(oc4ccccc43)c2=O)n(C)n1. The largest absolute Gasteiger partial charge is 0.454 e. The maximum atomic E-state index is 12.6. The van der Waals surface area contributed by atoms with Crippen molar-refractivity contribution in [1.82, 2.24) is 19.3 Å². The average Bonchev–Trinajstić information content (AvgIpc) is 3.22. The van der Waals surface area contributed by atoms with Crippen LogP contribution in [0.3, 0.4) is 0 Å². The van der Waals surface area contributed by atoms with E-state index < -0.39 is 30.6 Å². The van der Waals surface area contributed by atoms with E-state index in [4.69, 9.17) is 9.15 Å². The predicted molar refractivity (Wildman–Crippen MR) is 103 cm³/mol. The van der Waals surface area contributed by atoms with Crippen LogP contribution in [0.4, 0.5) is 5.82 Å². The van der Waals surface area contributed by atoms with Crippen molar-refractivity contribution in [3.05, 3.63) is 52.7 Å². The minimum Gasteiger partial charge on any atom is -0.454 e. The number of rotatable bonds is 5. The Morgan fingerprint density at radius 2 is 2.07 bits per heavy atom. The van der Waals surface area contributed by atoms with Crippen molar-refractivity contribution in [1.29, 1.82) is 0 Å². The highest BCUT2D eigenvalue weighted by molar-refractivity contribution is 6.01. The van der Waals surface area contributed by atoms with Crippen molar-refractivity contribution in [2.24, 2.45) is 7.05 Å². The smallest absolute Gasteiger partial charge is 0.326 e. The summed E-state index contributed by atoms with van der Waals surface area (Å²) in [4.78, 5) is 40.8. The molecule has 1 N–H and O–H groups in total. The number of carbonyl (C=O) groups is 2. The van der Waals surface area contributed by atoms with Gasteiger partial charge < -0.3 is 14.5 Å². The second-order valence-corrected chi connectivity index (χ2v) is 6.46. The monoisotopic (exact) mass is 395 g/mol. The lowest BCUT2D eigenvalue weighted by Crippen LogP contribution is -2.28. The first-order chi connectivity index (χ1) is 13.9. The van der Waals surface area contributed by atoms with E-state index in [9.17, 15) is 14.4 Å². The van der Waals surface area contributed by atoms with Crippen LogP contribution in [0.15, 0.2) is 45.9 Å². The molecular formula is C19H17N5O5. The van der Waals surface area contributed by atoms with Gasteiger partial charge in [0.05, 0.1) is 12.0 Å². The fraction of sp³-hybridized carbons (Fsp3) is 0.211. The summed E-state index contributed by atoms with van der Waals surface area (Å²) in [5, 5.41) is 7.41. The number of aryl methyl sites for hydroxylation is 2. The van der Waals surface area contributed by atoms with Crippen LogP contribution >= 0.6 is 0 Å². The van der Waals surface area contributed by atoms with E-state index in [1.165, 1.54) is 11.0 Å². The third kappa shape index (κ3) is 3.59. The van der Waals surface area contributed by atoms with Crippen LogP contribution in [0.25, 0.3) is 22.1 Å². The Kier molecular flexibility index (Phi) is 4.59. The van der Waals surface area contributed by atoms with Crippen molar-refractivity contribution in [2.75, 3.05) is 11.9 Å². The minimum atomic E-state index is -0.749. The molecule has 4 aromatic rings. The highest BCUT2D eigenvalue weighted by Crippen LogP contribution is 2.23. The molecular weight excluding hydrogens is 378 g/mol. The number of hydrogen-bond donors (Lipinski definition) is 1. The Hall–Kier alpha value is -3.95. The summed E-state index contributed by atoms with van der Waals surface area (Å²) in [6.07, 6.45) is 1.26. The van der Waals surface area contributed by atoms with Crippen molar-refractivity contribution in [2.45, 2.75) is 13.5 Å². The van der Waals surface area contributed by atoms with Gasteiger partial charge in [-0.3, -0.25) is 23.6 Å². The quantitative estimate of drug-likeness (QED) is 0.507. The summed E-state index contributed by atoms with van der Waals surface area (Å²) in [6.45, 7) is 0.912. The number of aromatic nitrogens is 4. The standard InChI is InChI=1S/C19H17N5O5/c1-11-7-14(23(2)22-11)21-15(25)9-28-16(26)8-24-10-20-17-12-5-3-4-6-13(12)29-18(17)19(24)27/h3-7,10H,8-9H2,1-2H3,(H,21,25). The molecule has 0 aliphatic rings. The van der Waals surface area contributed by atoms with Crippen LogP contribution in [-0.2, 0) is 27.9 Å². The summed E-state index contributed by atoms with van der Waals surface area (Å²) >= 11 is 0.